The Morgan fingerprint density at radius 1 is 1.00 bits per heavy atom. The van der Waals surface area contributed by atoms with Crippen molar-refractivity contribution in [1.82, 2.24) is 0 Å². The summed E-state index contributed by atoms with van der Waals surface area (Å²) < 4.78 is 39.0. The van der Waals surface area contributed by atoms with E-state index in [-0.39, 0.29) is 12.2 Å². The zero-order chi connectivity index (χ0) is 13.8. The third kappa shape index (κ3) is 3.48. The van der Waals surface area contributed by atoms with E-state index < -0.39 is 23.6 Å². The van der Waals surface area contributed by atoms with Gasteiger partial charge in [-0.25, -0.2) is 13.2 Å². The standard InChI is InChI=1S/C14H12F3NO/c15-10-3-1-2-9(6-10)14(19)8-18-13-5-4-11(16)7-12(13)17/h1-7,14,18-19H,8H2. The van der Waals surface area contributed by atoms with Crippen LogP contribution < -0.4 is 5.32 Å². The molecule has 0 spiro atoms. The molecule has 0 saturated heterocycles. The van der Waals surface area contributed by atoms with E-state index >= 15 is 0 Å². The monoisotopic (exact) mass is 267 g/mol. The SMILES string of the molecule is OC(CNc1ccc(F)cc1F)c1cccc(F)c1. The fraction of sp³-hybridized carbons (Fsp3) is 0.143. The maximum atomic E-state index is 13.3. The molecule has 0 bridgehead atoms. The van der Waals surface area contributed by atoms with E-state index in [4.69, 9.17) is 0 Å². The van der Waals surface area contributed by atoms with Gasteiger partial charge in [0.1, 0.15) is 17.5 Å². The maximum Gasteiger partial charge on any atom is 0.149 e. The topological polar surface area (TPSA) is 32.3 Å². The molecule has 2 rings (SSSR count). The molecule has 0 radical (unpaired) electrons. The normalized spacial score (nSPS) is 12.2. The summed E-state index contributed by atoms with van der Waals surface area (Å²) in [5.74, 6) is -1.87. The van der Waals surface area contributed by atoms with Gasteiger partial charge in [-0.05, 0) is 29.8 Å². The first-order valence-electron chi connectivity index (χ1n) is 5.69. The molecule has 2 aromatic carbocycles. The second-order valence-corrected chi connectivity index (χ2v) is 4.08. The largest absolute Gasteiger partial charge is 0.387 e. The lowest BCUT2D eigenvalue weighted by atomic mass is 10.1. The van der Waals surface area contributed by atoms with E-state index in [2.05, 4.69) is 5.32 Å². The van der Waals surface area contributed by atoms with Gasteiger partial charge in [0, 0.05) is 12.6 Å². The molecule has 0 amide bonds. The second kappa shape index (κ2) is 5.75. The van der Waals surface area contributed by atoms with Gasteiger partial charge in [-0.3, -0.25) is 0 Å². The molecule has 19 heavy (non-hydrogen) atoms. The fourth-order valence-electron chi connectivity index (χ4n) is 1.67. The lowest BCUT2D eigenvalue weighted by Gasteiger charge is -2.13. The van der Waals surface area contributed by atoms with Gasteiger partial charge in [-0.2, -0.15) is 0 Å². The van der Waals surface area contributed by atoms with Crippen LogP contribution in [-0.4, -0.2) is 11.7 Å². The van der Waals surface area contributed by atoms with Crippen molar-refractivity contribution in [3.8, 4) is 0 Å². The van der Waals surface area contributed by atoms with Crippen molar-refractivity contribution in [3.05, 3.63) is 65.5 Å². The number of nitrogens with one attached hydrogen (secondary N) is 1. The van der Waals surface area contributed by atoms with Gasteiger partial charge < -0.3 is 10.4 Å². The first kappa shape index (κ1) is 13.4. The minimum atomic E-state index is -0.986. The fourth-order valence-corrected chi connectivity index (χ4v) is 1.67. The zero-order valence-electron chi connectivity index (χ0n) is 9.91. The van der Waals surface area contributed by atoms with Gasteiger partial charge in [0.25, 0.3) is 0 Å². The van der Waals surface area contributed by atoms with Crippen LogP contribution in [0.5, 0.6) is 0 Å². The highest BCUT2D eigenvalue weighted by Gasteiger charge is 2.10. The number of aliphatic hydroxyl groups is 1. The minimum Gasteiger partial charge on any atom is -0.387 e. The highest BCUT2D eigenvalue weighted by atomic mass is 19.1. The van der Waals surface area contributed by atoms with Crippen molar-refractivity contribution in [2.45, 2.75) is 6.10 Å². The molecule has 1 unspecified atom stereocenters. The Morgan fingerprint density at radius 3 is 2.42 bits per heavy atom. The van der Waals surface area contributed by atoms with Crippen molar-refractivity contribution in [2.24, 2.45) is 0 Å². The third-order valence-corrected chi connectivity index (χ3v) is 2.65. The second-order valence-electron chi connectivity index (χ2n) is 4.08. The Hall–Kier alpha value is -2.01. The van der Waals surface area contributed by atoms with Crippen LogP contribution in [0.3, 0.4) is 0 Å². The molecule has 0 aliphatic rings. The molecule has 0 saturated carbocycles. The molecule has 0 aliphatic carbocycles. The van der Waals surface area contributed by atoms with Crippen molar-refractivity contribution in [3.63, 3.8) is 0 Å². The molecule has 1 atom stereocenters. The van der Waals surface area contributed by atoms with E-state index in [0.29, 0.717) is 5.56 Å². The summed E-state index contributed by atoms with van der Waals surface area (Å²) >= 11 is 0. The van der Waals surface area contributed by atoms with Crippen LogP contribution in [-0.2, 0) is 0 Å². The van der Waals surface area contributed by atoms with Gasteiger partial charge in [-0.15, -0.1) is 0 Å². The molecule has 0 heterocycles. The third-order valence-electron chi connectivity index (χ3n) is 2.65. The van der Waals surface area contributed by atoms with Gasteiger partial charge in [-0.1, -0.05) is 12.1 Å². The Morgan fingerprint density at radius 2 is 1.74 bits per heavy atom. The highest BCUT2D eigenvalue weighted by molar-refractivity contribution is 5.45. The van der Waals surface area contributed by atoms with E-state index in [1.54, 1.807) is 6.07 Å². The Kier molecular flexibility index (Phi) is 4.06. The van der Waals surface area contributed by atoms with Crippen molar-refractivity contribution in [2.75, 3.05) is 11.9 Å². The van der Waals surface area contributed by atoms with E-state index in [9.17, 15) is 18.3 Å². The molecule has 2 N–H and O–H groups in total. The quantitative estimate of drug-likeness (QED) is 0.891. The number of hydrogen-bond acceptors (Lipinski definition) is 2. The molecule has 2 nitrogen and oxygen atoms in total. The van der Waals surface area contributed by atoms with Crippen molar-refractivity contribution in [1.29, 1.82) is 0 Å². The average Bonchev–Trinajstić information content (AvgIpc) is 2.37. The first-order valence-corrected chi connectivity index (χ1v) is 5.69. The predicted octanol–water partition coefficient (Wildman–Crippen LogP) is 3.25. The minimum absolute atomic E-state index is 0.00793. The first-order chi connectivity index (χ1) is 9.06. The lowest BCUT2D eigenvalue weighted by molar-refractivity contribution is 0.191. The van der Waals surface area contributed by atoms with Crippen LogP contribution in [0.2, 0.25) is 0 Å². The molecule has 0 aliphatic heterocycles. The molecule has 2 aromatic rings. The van der Waals surface area contributed by atoms with Crippen LogP contribution in [0.15, 0.2) is 42.5 Å². The molecule has 0 fully saturated rings. The Bertz CT molecular complexity index is 574. The predicted molar refractivity (Wildman–Crippen MR) is 66.2 cm³/mol. The van der Waals surface area contributed by atoms with Gasteiger partial charge in [0.2, 0.25) is 0 Å². The zero-order valence-corrected chi connectivity index (χ0v) is 9.91. The highest BCUT2D eigenvalue weighted by Crippen LogP contribution is 2.18. The van der Waals surface area contributed by atoms with E-state index in [0.717, 1.165) is 12.1 Å². The van der Waals surface area contributed by atoms with Crippen LogP contribution in [0.25, 0.3) is 0 Å². The summed E-state index contributed by atoms with van der Waals surface area (Å²) in [7, 11) is 0. The van der Waals surface area contributed by atoms with Crippen molar-refractivity contribution >= 4 is 5.69 Å². The summed E-state index contributed by atoms with van der Waals surface area (Å²) in [6, 6.07) is 8.61. The molecular weight excluding hydrogens is 255 g/mol. The summed E-state index contributed by atoms with van der Waals surface area (Å²) in [5.41, 5.74) is 0.465. The summed E-state index contributed by atoms with van der Waals surface area (Å²) in [4.78, 5) is 0. The van der Waals surface area contributed by atoms with Gasteiger partial charge in [0.05, 0.1) is 11.8 Å². The van der Waals surface area contributed by atoms with E-state index in [1.807, 2.05) is 0 Å². The van der Waals surface area contributed by atoms with Crippen molar-refractivity contribution < 1.29 is 18.3 Å². The average molecular weight is 267 g/mol. The van der Waals surface area contributed by atoms with Crippen LogP contribution in [0.4, 0.5) is 18.9 Å². The van der Waals surface area contributed by atoms with Crippen LogP contribution >= 0.6 is 0 Å². The number of halogens is 3. The number of benzene rings is 2. The number of rotatable bonds is 4. The molecular formula is C14H12F3NO. The summed E-state index contributed by atoms with van der Waals surface area (Å²) in [6.45, 7) is -0.00793. The molecule has 5 heteroatoms. The number of aliphatic hydroxyl groups excluding tert-OH is 1. The van der Waals surface area contributed by atoms with Gasteiger partial charge >= 0.3 is 0 Å². The van der Waals surface area contributed by atoms with E-state index in [1.165, 1.54) is 24.3 Å². The smallest absolute Gasteiger partial charge is 0.149 e. The summed E-state index contributed by atoms with van der Waals surface area (Å²) in [6.07, 6.45) is -0.986. The maximum absolute atomic E-state index is 13.3. The number of hydrogen-bond donors (Lipinski definition) is 2. The molecule has 0 aromatic heterocycles. The van der Waals surface area contributed by atoms with Crippen LogP contribution in [0, 0.1) is 17.5 Å². The Labute approximate surface area is 108 Å². The molecule has 100 valence electrons. The van der Waals surface area contributed by atoms with Crippen LogP contribution in [0.1, 0.15) is 11.7 Å². The Balaban J connectivity index is 2.02. The summed E-state index contributed by atoms with van der Waals surface area (Å²) in [5, 5.41) is 12.5. The lowest BCUT2D eigenvalue weighted by Crippen LogP contribution is -2.13. The van der Waals surface area contributed by atoms with Gasteiger partial charge in [0.15, 0.2) is 0 Å². The number of anilines is 1.